The second kappa shape index (κ2) is 5.56. The summed E-state index contributed by atoms with van der Waals surface area (Å²) in [4.78, 5) is 26.7. The molecule has 0 bridgehead atoms. The highest BCUT2D eigenvalue weighted by molar-refractivity contribution is 5.83. The van der Waals surface area contributed by atoms with Gasteiger partial charge in [-0.3, -0.25) is 0 Å². The second-order valence-electron chi connectivity index (χ2n) is 4.89. The minimum Gasteiger partial charge on any atom is -0.480 e. The molecule has 0 aromatic heterocycles. The van der Waals surface area contributed by atoms with Crippen molar-refractivity contribution in [2.75, 3.05) is 26.8 Å². The monoisotopic (exact) mass is 256 g/mol. The van der Waals surface area contributed by atoms with Crippen LogP contribution < -0.4 is 0 Å². The molecule has 1 aliphatic heterocycles. The van der Waals surface area contributed by atoms with Crippen LogP contribution in [0.2, 0.25) is 0 Å². The number of ether oxygens (including phenoxy) is 1. The molecule has 1 saturated carbocycles. The van der Waals surface area contributed by atoms with Gasteiger partial charge in [0, 0.05) is 26.2 Å². The fraction of sp³-hybridized carbons (Fsp3) is 0.833. The quantitative estimate of drug-likeness (QED) is 0.788. The van der Waals surface area contributed by atoms with Crippen molar-refractivity contribution in [2.45, 2.75) is 37.8 Å². The van der Waals surface area contributed by atoms with Gasteiger partial charge in [0.15, 0.2) is 0 Å². The molecule has 2 fully saturated rings. The number of amides is 2. The van der Waals surface area contributed by atoms with Crippen molar-refractivity contribution in [2.24, 2.45) is 0 Å². The van der Waals surface area contributed by atoms with Gasteiger partial charge in [-0.2, -0.15) is 0 Å². The van der Waals surface area contributed by atoms with Gasteiger partial charge < -0.3 is 19.6 Å². The third kappa shape index (κ3) is 2.75. The number of hydrogen-bond acceptors (Lipinski definition) is 3. The summed E-state index contributed by atoms with van der Waals surface area (Å²) in [5.41, 5.74) is 0. The molecule has 2 amide bonds. The molecule has 0 aromatic carbocycles. The molecule has 1 aliphatic carbocycles. The summed E-state index contributed by atoms with van der Waals surface area (Å²) in [6, 6.07) is -0.511. The second-order valence-corrected chi connectivity index (χ2v) is 4.89. The van der Waals surface area contributed by atoms with Crippen molar-refractivity contribution in [3.63, 3.8) is 0 Å². The van der Waals surface area contributed by atoms with Gasteiger partial charge in [-0.1, -0.05) is 0 Å². The van der Waals surface area contributed by atoms with Crippen molar-refractivity contribution >= 4 is 12.0 Å². The highest BCUT2D eigenvalue weighted by Crippen LogP contribution is 2.29. The Morgan fingerprint density at radius 1 is 1.39 bits per heavy atom. The van der Waals surface area contributed by atoms with Crippen molar-refractivity contribution in [1.29, 1.82) is 0 Å². The molecule has 1 atom stereocenters. The Morgan fingerprint density at radius 3 is 2.67 bits per heavy atom. The van der Waals surface area contributed by atoms with Gasteiger partial charge in [0.2, 0.25) is 0 Å². The zero-order chi connectivity index (χ0) is 13.1. The molecule has 1 saturated heterocycles. The highest BCUT2D eigenvalue weighted by atomic mass is 16.5. The first-order valence-electron chi connectivity index (χ1n) is 6.44. The molecule has 2 aliphatic rings. The Balaban J connectivity index is 2.00. The van der Waals surface area contributed by atoms with Gasteiger partial charge in [-0.15, -0.1) is 0 Å². The lowest BCUT2D eigenvalue weighted by atomic mass is 10.2. The third-order valence-electron chi connectivity index (χ3n) is 3.55. The molecule has 2 rings (SSSR count). The van der Waals surface area contributed by atoms with Crippen LogP contribution >= 0.6 is 0 Å². The maximum absolute atomic E-state index is 12.4. The molecule has 6 nitrogen and oxygen atoms in total. The molecule has 6 heteroatoms. The molecule has 1 N–H and O–H groups in total. The summed E-state index contributed by atoms with van der Waals surface area (Å²) in [6.07, 6.45) is 3.36. The lowest BCUT2D eigenvalue weighted by Crippen LogP contribution is -2.49. The molecular weight excluding hydrogens is 236 g/mol. The summed E-state index contributed by atoms with van der Waals surface area (Å²) in [7, 11) is 1.60. The minimum atomic E-state index is -0.900. The van der Waals surface area contributed by atoms with Gasteiger partial charge >= 0.3 is 12.0 Å². The van der Waals surface area contributed by atoms with Crippen LogP contribution in [0.15, 0.2) is 0 Å². The summed E-state index contributed by atoms with van der Waals surface area (Å²) >= 11 is 0. The summed E-state index contributed by atoms with van der Waals surface area (Å²) in [5.74, 6) is -0.900. The van der Waals surface area contributed by atoms with Crippen LogP contribution in [0, 0.1) is 0 Å². The Kier molecular flexibility index (Phi) is 4.06. The zero-order valence-electron chi connectivity index (χ0n) is 10.7. The number of hydrogen-bond donors (Lipinski definition) is 1. The number of carboxylic acid groups (broad SMARTS) is 1. The maximum Gasteiger partial charge on any atom is 0.326 e. The van der Waals surface area contributed by atoms with Gasteiger partial charge in [0.05, 0.1) is 6.61 Å². The van der Waals surface area contributed by atoms with E-state index < -0.39 is 12.0 Å². The topological polar surface area (TPSA) is 70.1 Å². The van der Waals surface area contributed by atoms with Gasteiger partial charge in [-0.25, -0.2) is 9.59 Å². The molecule has 102 valence electrons. The molecule has 0 spiro atoms. The summed E-state index contributed by atoms with van der Waals surface area (Å²) in [5, 5.41) is 9.11. The number of rotatable bonds is 5. The first kappa shape index (κ1) is 13.1. The molecule has 0 aromatic rings. The van der Waals surface area contributed by atoms with E-state index in [1.165, 1.54) is 4.90 Å². The zero-order valence-corrected chi connectivity index (χ0v) is 10.7. The van der Waals surface area contributed by atoms with Crippen LogP contribution in [0.25, 0.3) is 0 Å². The number of aliphatic carboxylic acids is 1. The van der Waals surface area contributed by atoms with Crippen LogP contribution in [-0.4, -0.2) is 65.8 Å². The number of nitrogens with zero attached hydrogens (tertiary/aromatic N) is 2. The molecule has 1 heterocycles. The predicted octanol–water partition coefficient (Wildman–Crippen LogP) is 0.766. The van der Waals surface area contributed by atoms with Crippen LogP contribution in [0.4, 0.5) is 4.79 Å². The molecule has 0 unspecified atom stereocenters. The van der Waals surface area contributed by atoms with Gasteiger partial charge in [0.25, 0.3) is 0 Å². The van der Waals surface area contributed by atoms with Crippen molar-refractivity contribution in [1.82, 2.24) is 9.80 Å². The first-order chi connectivity index (χ1) is 8.65. The van der Waals surface area contributed by atoms with Crippen LogP contribution in [-0.2, 0) is 9.53 Å². The Bertz CT molecular complexity index is 330. The normalized spacial score (nSPS) is 23.2. The van der Waals surface area contributed by atoms with Crippen molar-refractivity contribution in [3.8, 4) is 0 Å². The average molecular weight is 256 g/mol. The Hall–Kier alpha value is -1.30. The lowest BCUT2D eigenvalue weighted by molar-refractivity contribution is -0.141. The van der Waals surface area contributed by atoms with E-state index in [0.29, 0.717) is 26.1 Å². The number of carbonyl (C=O) groups excluding carboxylic acids is 1. The van der Waals surface area contributed by atoms with E-state index >= 15 is 0 Å². The molecular formula is C12H20N2O4. The van der Waals surface area contributed by atoms with E-state index in [-0.39, 0.29) is 12.1 Å². The van der Waals surface area contributed by atoms with E-state index in [0.717, 1.165) is 19.3 Å². The third-order valence-corrected chi connectivity index (χ3v) is 3.55. The van der Waals surface area contributed by atoms with Crippen LogP contribution in [0.5, 0.6) is 0 Å². The number of carbonyl (C=O) groups is 2. The number of carboxylic acids is 1. The summed E-state index contributed by atoms with van der Waals surface area (Å²) < 4.78 is 5.01. The number of methoxy groups -OCH3 is 1. The smallest absolute Gasteiger partial charge is 0.326 e. The fourth-order valence-corrected chi connectivity index (χ4v) is 2.43. The van der Waals surface area contributed by atoms with Crippen LogP contribution in [0.3, 0.4) is 0 Å². The predicted molar refractivity (Wildman–Crippen MR) is 64.4 cm³/mol. The van der Waals surface area contributed by atoms with E-state index in [2.05, 4.69) is 0 Å². The fourth-order valence-electron chi connectivity index (χ4n) is 2.43. The SMILES string of the molecule is COCCN(C(=O)N1CCC[C@@H]1C(=O)O)C1CC1. The lowest BCUT2D eigenvalue weighted by Gasteiger charge is -2.30. The summed E-state index contributed by atoms with van der Waals surface area (Å²) in [6.45, 7) is 1.59. The van der Waals surface area contributed by atoms with Crippen LogP contribution in [0.1, 0.15) is 25.7 Å². The van der Waals surface area contributed by atoms with Gasteiger partial charge in [-0.05, 0) is 25.7 Å². The number of likely N-dealkylation sites (tertiary alicyclic amines) is 1. The van der Waals surface area contributed by atoms with Gasteiger partial charge in [0.1, 0.15) is 6.04 Å². The molecule has 0 radical (unpaired) electrons. The van der Waals surface area contributed by atoms with E-state index in [4.69, 9.17) is 9.84 Å². The largest absolute Gasteiger partial charge is 0.480 e. The number of urea groups is 1. The Labute approximate surface area is 106 Å². The first-order valence-corrected chi connectivity index (χ1v) is 6.44. The average Bonchev–Trinajstić information content (AvgIpc) is 3.05. The van der Waals surface area contributed by atoms with E-state index in [1.54, 1.807) is 12.0 Å². The maximum atomic E-state index is 12.4. The highest BCUT2D eigenvalue weighted by Gasteiger charge is 2.40. The minimum absolute atomic E-state index is 0.139. The van der Waals surface area contributed by atoms with E-state index in [1.807, 2.05) is 0 Å². The standard InChI is InChI=1S/C12H20N2O4/c1-18-8-7-13(9-4-5-9)12(17)14-6-2-3-10(14)11(15)16/h9-10H,2-8H2,1H3,(H,15,16)/t10-/m1/s1. The molecule has 18 heavy (non-hydrogen) atoms. The van der Waals surface area contributed by atoms with E-state index in [9.17, 15) is 9.59 Å². The van der Waals surface area contributed by atoms with Crippen molar-refractivity contribution < 1.29 is 19.4 Å². The van der Waals surface area contributed by atoms with Crippen molar-refractivity contribution in [3.05, 3.63) is 0 Å². The Morgan fingerprint density at radius 2 is 2.11 bits per heavy atom.